The van der Waals surface area contributed by atoms with E-state index in [-0.39, 0.29) is 30.1 Å². The molecule has 0 radical (unpaired) electrons. The fourth-order valence-electron chi connectivity index (χ4n) is 3.13. The SMILES string of the molecule is COc1ccc(C(=O)COC(=O)[C@H]2CC(=O)N(c3ccccc3F)C2)c(OC)c1. The van der Waals surface area contributed by atoms with Crippen LogP contribution in [0.4, 0.5) is 10.1 Å². The minimum absolute atomic E-state index is 0.00134. The van der Waals surface area contributed by atoms with Crippen LogP contribution < -0.4 is 14.4 Å². The third-order valence-electron chi connectivity index (χ3n) is 4.66. The second-order valence-electron chi connectivity index (χ2n) is 6.45. The fraction of sp³-hybridized carbons (Fsp3) is 0.286. The lowest BCUT2D eigenvalue weighted by Crippen LogP contribution is -2.27. The minimum Gasteiger partial charge on any atom is -0.497 e. The van der Waals surface area contributed by atoms with Crippen molar-refractivity contribution >= 4 is 23.3 Å². The Balaban J connectivity index is 1.62. The number of nitrogens with zero attached hydrogens (tertiary/aromatic N) is 1. The number of rotatable bonds is 7. The smallest absolute Gasteiger partial charge is 0.311 e. The molecule has 8 heteroatoms. The van der Waals surface area contributed by atoms with Gasteiger partial charge in [0.25, 0.3) is 0 Å². The van der Waals surface area contributed by atoms with Gasteiger partial charge in [-0.3, -0.25) is 14.4 Å². The summed E-state index contributed by atoms with van der Waals surface area (Å²) >= 11 is 0. The van der Waals surface area contributed by atoms with Crippen molar-refractivity contribution in [3.63, 3.8) is 0 Å². The topological polar surface area (TPSA) is 82.1 Å². The summed E-state index contributed by atoms with van der Waals surface area (Å²) in [6.07, 6.45) is -0.104. The van der Waals surface area contributed by atoms with Crippen molar-refractivity contribution in [2.75, 3.05) is 32.3 Å². The maximum atomic E-state index is 13.9. The number of halogens is 1. The van der Waals surface area contributed by atoms with Crippen molar-refractivity contribution < 1.29 is 33.0 Å². The molecule has 0 bridgehead atoms. The normalized spacial score (nSPS) is 15.9. The average molecular weight is 401 g/mol. The van der Waals surface area contributed by atoms with Gasteiger partial charge in [-0.15, -0.1) is 0 Å². The summed E-state index contributed by atoms with van der Waals surface area (Å²) in [6.45, 7) is -0.495. The molecule has 3 rings (SSSR count). The molecule has 7 nitrogen and oxygen atoms in total. The molecule has 0 aromatic heterocycles. The number of anilines is 1. The quantitative estimate of drug-likeness (QED) is 0.524. The lowest BCUT2D eigenvalue weighted by Gasteiger charge is -2.17. The van der Waals surface area contributed by atoms with E-state index in [0.29, 0.717) is 11.5 Å². The number of para-hydroxylation sites is 1. The molecule has 2 aromatic carbocycles. The number of amides is 1. The first-order chi connectivity index (χ1) is 13.9. The number of esters is 1. The van der Waals surface area contributed by atoms with Crippen molar-refractivity contribution in [1.29, 1.82) is 0 Å². The largest absolute Gasteiger partial charge is 0.497 e. The second kappa shape index (κ2) is 8.72. The van der Waals surface area contributed by atoms with E-state index in [2.05, 4.69) is 0 Å². The Bertz CT molecular complexity index is 945. The molecule has 0 saturated carbocycles. The summed E-state index contributed by atoms with van der Waals surface area (Å²) in [5, 5.41) is 0. The predicted molar refractivity (Wildman–Crippen MR) is 102 cm³/mol. The van der Waals surface area contributed by atoms with Crippen LogP contribution in [0.15, 0.2) is 42.5 Å². The lowest BCUT2D eigenvalue weighted by atomic mass is 10.1. The molecule has 0 N–H and O–H groups in total. The molecule has 1 amide bonds. The molecule has 0 aliphatic carbocycles. The predicted octanol–water partition coefficient (Wildman–Crippen LogP) is 2.62. The zero-order chi connectivity index (χ0) is 21.0. The molecule has 1 heterocycles. The fourth-order valence-corrected chi connectivity index (χ4v) is 3.13. The molecule has 0 spiro atoms. The monoisotopic (exact) mass is 401 g/mol. The number of Topliss-reactive ketones (excluding diaryl/α,β-unsaturated/α-hetero) is 1. The van der Waals surface area contributed by atoms with Crippen LogP contribution in [0.25, 0.3) is 0 Å². The summed E-state index contributed by atoms with van der Waals surface area (Å²) in [5.74, 6) is -2.00. The summed E-state index contributed by atoms with van der Waals surface area (Å²) in [4.78, 5) is 38.2. The van der Waals surface area contributed by atoms with Crippen LogP contribution in [0, 0.1) is 11.7 Å². The van der Waals surface area contributed by atoms with Gasteiger partial charge < -0.3 is 19.1 Å². The number of ether oxygens (including phenoxy) is 3. The first-order valence-corrected chi connectivity index (χ1v) is 8.91. The van der Waals surface area contributed by atoms with Crippen molar-refractivity contribution in [2.24, 2.45) is 5.92 Å². The minimum atomic E-state index is -0.771. The van der Waals surface area contributed by atoms with E-state index in [1.165, 1.54) is 43.4 Å². The molecule has 1 fully saturated rings. The van der Waals surface area contributed by atoms with Gasteiger partial charge in [0.15, 0.2) is 6.61 Å². The zero-order valence-corrected chi connectivity index (χ0v) is 16.0. The van der Waals surface area contributed by atoms with E-state index >= 15 is 0 Å². The summed E-state index contributed by atoms with van der Waals surface area (Å²) < 4.78 is 29.3. The third kappa shape index (κ3) is 4.37. The van der Waals surface area contributed by atoms with Crippen molar-refractivity contribution in [1.82, 2.24) is 0 Å². The van der Waals surface area contributed by atoms with Gasteiger partial charge in [-0.25, -0.2) is 4.39 Å². The Kier molecular flexibility index (Phi) is 6.11. The number of benzene rings is 2. The number of hydrogen-bond acceptors (Lipinski definition) is 6. The average Bonchev–Trinajstić information content (AvgIpc) is 3.13. The molecule has 29 heavy (non-hydrogen) atoms. The van der Waals surface area contributed by atoms with Crippen molar-refractivity contribution in [3.05, 3.63) is 53.8 Å². The molecular weight excluding hydrogens is 381 g/mol. The molecule has 1 aliphatic rings. The van der Waals surface area contributed by atoms with Gasteiger partial charge in [0.1, 0.15) is 17.3 Å². The van der Waals surface area contributed by atoms with Gasteiger partial charge >= 0.3 is 5.97 Å². The summed E-state index contributed by atoms with van der Waals surface area (Å²) in [6, 6.07) is 10.5. The van der Waals surface area contributed by atoms with Crippen LogP contribution in [-0.2, 0) is 14.3 Å². The highest BCUT2D eigenvalue weighted by molar-refractivity contribution is 6.02. The van der Waals surface area contributed by atoms with Crippen LogP contribution in [0.1, 0.15) is 16.8 Å². The van der Waals surface area contributed by atoms with Gasteiger partial charge in [0, 0.05) is 19.0 Å². The van der Waals surface area contributed by atoms with Crippen molar-refractivity contribution in [3.8, 4) is 11.5 Å². The van der Waals surface area contributed by atoms with Crippen molar-refractivity contribution in [2.45, 2.75) is 6.42 Å². The molecule has 152 valence electrons. The number of carbonyl (C=O) groups excluding carboxylic acids is 3. The maximum absolute atomic E-state index is 13.9. The maximum Gasteiger partial charge on any atom is 0.311 e. The Labute approximate surface area is 167 Å². The lowest BCUT2D eigenvalue weighted by molar-refractivity contribution is -0.147. The van der Waals surface area contributed by atoms with E-state index in [1.54, 1.807) is 18.2 Å². The number of methoxy groups -OCH3 is 2. The van der Waals surface area contributed by atoms with Crippen LogP contribution in [0.3, 0.4) is 0 Å². The Morgan fingerprint density at radius 1 is 1.14 bits per heavy atom. The molecule has 1 aliphatic heterocycles. The second-order valence-corrected chi connectivity index (χ2v) is 6.45. The van der Waals surface area contributed by atoms with E-state index in [1.807, 2.05) is 0 Å². The first-order valence-electron chi connectivity index (χ1n) is 8.91. The van der Waals surface area contributed by atoms with Gasteiger partial charge in [-0.1, -0.05) is 12.1 Å². The number of hydrogen-bond donors (Lipinski definition) is 0. The van der Waals surface area contributed by atoms with Gasteiger partial charge in [0.05, 0.1) is 31.4 Å². The van der Waals surface area contributed by atoms with E-state index in [4.69, 9.17) is 14.2 Å². The van der Waals surface area contributed by atoms with Crippen LogP contribution in [-0.4, -0.2) is 45.0 Å². The van der Waals surface area contributed by atoms with Gasteiger partial charge in [-0.05, 0) is 24.3 Å². The Hall–Kier alpha value is -3.42. The first kappa shape index (κ1) is 20.3. The number of ketones is 1. The van der Waals surface area contributed by atoms with Gasteiger partial charge in [-0.2, -0.15) is 0 Å². The zero-order valence-electron chi connectivity index (χ0n) is 16.0. The highest BCUT2D eigenvalue weighted by Crippen LogP contribution is 2.28. The molecule has 2 aromatic rings. The Morgan fingerprint density at radius 3 is 2.59 bits per heavy atom. The molecule has 1 saturated heterocycles. The van der Waals surface area contributed by atoms with E-state index in [0.717, 1.165) is 0 Å². The summed E-state index contributed by atoms with van der Waals surface area (Å²) in [5.41, 5.74) is 0.364. The Morgan fingerprint density at radius 2 is 1.90 bits per heavy atom. The van der Waals surface area contributed by atoms with Crippen LogP contribution in [0.5, 0.6) is 11.5 Å². The van der Waals surface area contributed by atoms with E-state index < -0.39 is 30.1 Å². The van der Waals surface area contributed by atoms with Crippen LogP contribution >= 0.6 is 0 Å². The third-order valence-corrected chi connectivity index (χ3v) is 4.66. The molecule has 0 unspecified atom stereocenters. The highest BCUT2D eigenvalue weighted by atomic mass is 19.1. The number of carbonyl (C=O) groups is 3. The van der Waals surface area contributed by atoms with Gasteiger partial charge in [0.2, 0.25) is 11.7 Å². The summed E-state index contributed by atoms with van der Waals surface area (Å²) in [7, 11) is 2.91. The standard InChI is InChI=1S/C21H20FNO6/c1-27-14-7-8-15(19(10-14)28-2)18(24)12-29-21(26)13-9-20(25)23(11-13)17-6-4-3-5-16(17)22/h3-8,10,13H,9,11-12H2,1-2H3/t13-/m0/s1. The molecular formula is C21H20FNO6. The highest BCUT2D eigenvalue weighted by Gasteiger charge is 2.37. The molecule has 1 atom stereocenters. The van der Waals surface area contributed by atoms with E-state index in [9.17, 15) is 18.8 Å². The van der Waals surface area contributed by atoms with Crippen LogP contribution in [0.2, 0.25) is 0 Å².